The first-order valence-electron chi connectivity index (χ1n) is 10.5. The van der Waals surface area contributed by atoms with Crippen LogP contribution in [0.5, 0.6) is 0 Å². The highest BCUT2D eigenvalue weighted by Crippen LogP contribution is 2.25. The van der Waals surface area contributed by atoms with Crippen molar-refractivity contribution in [3.8, 4) is 0 Å². The zero-order valence-electron chi connectivity index (χ0n) is 17.5. The summed E-state index contributed by atoms with van der Waals surface area (Å²) in [6, 6.07) is 13.8. The average molecular weight is 558 g/mol. The zero-order valence-corrected chi connectivity index (χ0v) is 21.5. The number of piperidine rings is 1. The molecule has 30 heavy (non-hydrogen) atoms. The normalized spacial score (nSPS) is 18.1. The Hall–Kier alpha value is -1.13. The van der Waals surface area contributed by atoms with Crippen LogP contribution in [0.15, 0.2) is 46.8 Å². The van der Waals surface area contributed by atoms with Crippen molar-refractivity contribution in [3.05, 3.63) is 47.3 Å². The van der Waals surface area contributed by atoms with E-state index in [1.807, 2.05) is 30.1 Å². The second-order valence-corrected chi connectivity index (χ2v) is 9.70. The first-order chi connectivity index (χ1) is 14.3. The second-order valence-electron chi connectivity index (χ2n) is 7.55. The molecule has 2 saturated heterocycles. The van der Waals surface area contributed by atoms with E-state index in [-0.39, 0.29) is 24.0 Å². The molecule has 164 valence electrons. The number of nitrogens with one attached hydrogen (secondary N) is 2. The fourth-order valence-corrected chi connectivity index (χ4v) is 5.60. The first kappa shape index (κ1) is 23.5. The van der Waals surface area contributed by atoms with Crippen LogP contribution in [0, 0.1) is 0 Å². The van der Waals surface area contributed by atoms with Crippen LogP contribution in [-0.2, 0) is 6.54 Å². The zero-order chi connectivity index (χ0) is 19.9. The number of thiophene rings is 1. The summed E-state index contributed by atoms with van der Waals surface area (Å²) >= 11 is 3.88. The number of guanidine groups is 1. The third kappa shape index (κ3) is 6.43. The molecule has 2 aromatic rings. The fourth-order valence-electron chi connectivity index (χ4n) is 3.91. The number of hydrogen-bond donors (Lipinski definition) is 2. The van der Waals surface area contributed by atoms with Crippen LogP contribution < -0.4 is 20.4 Å². The van der Waals surface area contributed by atoms with Gasteiger partial charge in [-0.2, -0.15) is 11.8 Å². The van der Waals surface area contributed by atoms with Crippen LogP contribution in [0.2, 0.25) is 0 Å². The van der Waals surface area contributed by atoms with Crippen molar-refractivity contribution in [2.75, 3.05) is 54.5 Å². The van der Waals surface area contributed by atoms with Gasteiger partial charge in [0.15, 0.2) is 5.96 Å². The molecule has 0 bridgehead atoms. The van der Waals surface area contributed by atoms with Crippen molar-refractivity contribution in [1.29, 1.82) is 0 Å². The van der Waals surface area contributed by atoms with Crippen molar-refractivity contribution in [1.82, 2.24) is 10.6 Å². The molecule has 8 heteroatoms. The molecular formula is C22H32IN5S2. The number of hydrogen-bond acceptors (Lipinski definition) is 5. The monoisotopic (exact) mass is 557 g/mol. The van der Waals surface area contributed by atoms with Gasteiger partial charge in [0.25, 0.3) is 0 Å². The maximum absolute atomic E-state index is 4.43. The van der Waals surface area contributed by atoms with Crippen molar-refractivity contribution >= 4 is 63.7 Å². The lowest BCUT2D eigenvalue weighted by Crippen LogP contribution is -2.48. The van der Waals surface area contributed by atoms with Gasteiger partial charge in [-0.25, -0.2) is 0 Å². The molecule has 3 heterocycles. The Bertz CT molecular complexity index is 767. The van der Waals surface area contributed by atoms with E-state index < -0.39 is 0 Å². The highest BCUT2D eigenvalue weighted by molar-refractivity contribution is 14.0. The minimum absolute atomic E-state index is 0. The predicted molar refractivity (Wildman–Crippen MR) is 144 cm³/mol. The van der Waals surface area contributed by atoms with Gasteiger partial charge in [0.2, 0.25) is 0 Å². The van der Waals surface area contributed by atoms with Gasteiger partial charge in [-0.15, -0.1) is 35.3 Å². The number of thioether (sulfide) groups is 1. The molecule has 1 aromatic heterocycles. The Morgan fingerprint density at radius 1 is 1.03 bits per heavy atom. The lowest BCUT2D eigenvalue weighted by molar-refractivity contribution is 0.463. The maximum Gasteiger partial charge on any atom is 0.191 e. The number of benzene rings is 1. The molecule has 0 unspecified atom stereocenters. The number of nitrogens with zero attached hydrogens (tertiary/aromatic N) is 3. The van der Waals surface area contributed by atoms with E-state index in [0.717, 1.165) is 51.5 Å². The summed E-state index contributed by atoms with van der Waals surface area (Å²) in [4.78, 5) is 9.40. The molecule has 2 N–H and O–H groups in total. The average Bonchev–Trinajstić information content (AvgIpc) is 3.33. The maximum atomic E-state index is 4.43. The van der Waals surface area contributed by atoms with Crippen LogP contribution in [0.1, 0.15) is 18.4 Å². The second kappa shape index (κ2) is 12.0. The summed E-state index contributed by atoms with van der Waals surface area (Å²) in [5, 5.41) is 10.6. The van der Waals surface area contributed by atoms with Crippen LogP contribution in [0.4, 0.5) is 10.7 Å². The molecule has 0 atom stereocenters. The molecule has 5 nitrogen and oxygen atoms in total. The number of anilines is 2. The van der Waals surface area contributed by atoms with Gasteiger partial charge in [-0.3, -0.25) is 4.99 Å². The summed E-state index contributed by atoms with van der Waals surface area (Å²) < 4.78 is 0. The lowest BCUT2D eigenvalue weighted by Gasteiger charge is -2.33. The van der Waals surface area contributed by atoms with Crippen LogP contribution >= 0.6 is 47.1 Å². The Labute approximate surface area is 205 Å². The van der Waals surface area contributed by atoms with Crippen molar-refractivity contribution < 1.29 is 0 Å². The van der Waals surface area contributed by atoms with E-state index in [1.54, 1.807) is 0 Å². The minimum Gasteiger partial charge on any atom is -0.370 e. The molecule has 2 aliphatic rings. The van der Waals surface area contributed by atoms with Crippen LogP contribution in [0.25, 0.3) is 0 Å². The molecule has 0 aliphatic carbocycles. The molecule has 0 radical (unpaired) electrons. The number of rotatable bonds is 5. The predicted octanol–water partition coefficient (Wildman–Crippen LogP) is 4.25. The molecular weight excluding hydrogens is 525 g/mol. The molecule has 0 amide bonds. The minimum atomic E-state index is 0. The van der Waals surface area contributed by atoms with E-state index in [9.17, 15) is 0 Å². The number of halogens is 1. The molecule has 0 spiro atoms. The van der Waals surface area contributed by atoms with Crippen LogP contribution in [0.3, 0.4) is 0 Å². The van der Waals surface area contributed by atoms with Gasteiger partial charge >= 0.3 is 0 Å². The van der Waals surface area contributed by atoms with Gasteiger partial charge in [0.1, 0.15) is 0 Å². The Morgan fingerprint density at radius 2 is 1.77 bits per heavy atom. The number of aliphatic imine (C=N–C) groups is 1. The van der Waals surface area contributed by atoms with Gasteiger partial charge in [0, 0.05) is 63.0 Å². The van der Waals surface area contributed by atoms with E-state index in [0.29, 0.717) is 6.04 Å². The lowest BCUT2D eigenvalue weighted by atomic mass is 10.1. The smallest absolute Gasteiger partial charge is 0.191 e. The summed E-state index contributed by atoms with van der Waals surface area (Å²) in [6.45, 7) is 5.31. The molecule has 4 rings (SSSR count). The third-order valence-electron chi connectivity index (χ3n) is 5.65. The van der Waals surface area contributed by atoms with Crippen molar-refractivity contribution in [2.24, 2.45) is 4.99 Å². The molecule has 2 aliphatic heterocycles. The van der Waals surface area contributed by atoms with Gasteiger partial charge in [-0.1, -0.05) is 12.1 Å². The van der Waals surface area contributed by atoms with E-state index in [4.69, 9.17) is 0 Å². The van der Waals surface area contributed by atoms with Gasteiger partial charge in [0.05, 0.1) is 5.00 Å². The van der Waals surface area contributed by atoms with Crippen molar-refractivity contribution in [2.45, 2.75) is 25.4 Å². The SMILES string of the molecule is CN=C(NCc1ccc(N2CCSCC2)cc1)NC1CCN(c2cccs2)CC1.I. The quantitative estimate of drug-likeness (QED) is 0.327. The Balaban J connectivity index is 0.00000256. The standard InChI is InChI=1S/C22H31N5S2.HI/c1-23-22(25-19-8-10-27(11-9-19)21-3-2-14-29-21)24-17-18-4-6-20(7-5-18)26-12-15-28-16-13-26;/h2-7,14,19H,8-13,15-17H2,1H3,(H2,23,24,25);1H. The molecule has 0 saturated carbocycles. The van der Waals surface area contributed by atoms with Crippen LogP contribution in [-0.4, -0.2) is 56.7 Å². The van der Waals surface area contributed by atoms with E-state index in [2.05, 4.69) is 67.2 Å². The topological polar surface area (TPSA) is 42.9 Å². The largest absolute Gasteiger partial charge is 0.370 e. The highest BCUT2D eigenvalue weighted by Gasteiger charge is 2.20. The highest BCUT2D eigenvalue weighted by atomic mass is 127. The summed E-state index contributed by atoms with van der Waals surface area (Å²) in [5.41, 5.74) is 2.63. The van der Waals surface area contributed by atoms with E-state index in [1.165, 1.54) is 27.8 Å². The first-order valence-corrected chi connectivity index (χ1v) is 12.5. The van der Waals surface area contributed by atoms with Gasteiger partial charge < -0.3 is 20.4 Å². The molecule has 2 fully saturated rings. The van der Waals surface area contributed by atoms with Crippen molar-refractivity contribution in [3.63, 3.8) is 0 Å². The summed E-state index contributed by atoms with van der Waals surface area (Å²) in [7, 11) is 1.85. The molecule has 1 aromatic carbocycles. The van der Waals surface area contributed by atoms with E-state index >= 15 is 0 Å². The summed E-state index contributed by atoms with van der Waals surface area (Å²) in [5.74, 6) is 3.37. The fraction of sp³-hybridized carbons (Fsp3) is 0.500. The third-order valence-corrected chi connectivity index (χ3v) is 7.52. The Kier molecular flexibility index (Phi) is 9.45. The summed E-state index contributed by atoms with van der Waals surface area (Å²) in [6.07, 6.45) is 2.28. The Morgan fingerprint density at radius 3 is 2.40 bits per heavy atom. The van der Waals surface area contributed by atoms with Gasteiger partial charge in [-0.05, 0) is 48.1 Å².